The number of amides is 2. The van der Waals surface area contributed by atoms with Crippen molar-refractivity contribution < 1.29 is 36.8 Å². The molecule has 1 N–H and O–H groups in total. The Balaban J connectivity index is 1.41. The van der Waals surface area contributed by atoms with Crippen LogP contribution in [0.25, 0.3) is 0 Å². The molecule has 284 valence electrons. The van der Waals surface area contributed by atoms with Gasteiger partial charge in [-0.15, -0.1) is 0 Å². The van der Waals surface area contributed by atoms with Crippen molar-refractivity contribution in [2.24, 2.45) is 5.92 Å². The van der Waals surface area contributed by atoms with E-state index in [0.29, 0.717) is 12.1 Å². The van der Waals surface area contributed by atoms with E-state index in [-0.39, 0.29) is 18.8 Å². The summed E-state index contributed by atoms with van der Waals surface area (Å²) in [6.07, 6.45) is -0.503. The van der Waals surface area contributed by atoms with Crippen LogP contribution in [0.15, 0.2) is 103 Å². The topological polar surface area (TPSA) is 86.3 Å². The Kier molecular flexibility index (Phi) is 11.5. The Hall–Kier alpha value is -4.36. The zero-order chi connectivity index (χ0) is 38.8. The van der Waals surface area contributed by atoms with E-state index in [1.54, 1.807) is 24.3 Å². The molecule has 2 heterocycles. The number of ether oxygens (including phenoxy) is 1. The minimum absolute atomic E-state index is 0.0249. The number of carbonyl (C=O) groups excluding carboxylic acids is 2. The molecule has 0 aliphatic carbocycles. The monoisotopic (exact) mass is 754 g/mol. The number of hydrogen-bond acceptors (Lipinski definition) is 7. The predicted molar refractivity (Wildman–Crippen MR) is 209 cm³/mol. The van der Waals surface area contributed by atoms with E-state index in [1.165, 1.54) is 29.2 Å². The van der Waals surface area contributed by atoms with E-state index in [4.69, 9.17) is 18.5 Å². The number of nitrogens with zero attached hydrogens (tertiary/aromatic N) is 1. The third kappa shape index (κ3) is 8.94. The van der Waals surface area contributed by atoms with Crippen LogP contribution in [0.4, 0.5) is 19.3 Å². The lowest BCUT2D eigenvalue weighted by molar-refractivity contribution is -0.134. The molecule has 6 rings (SSSR count). The predicted octanol–water partition coefficient (Wildman–Crippen LogP) is 9.13. The number of imide groups is 1. The van der Waals surface area contributed by atoms with Gasteiger partial charge in [-0.05, 0) is 119 Å². The Bertz CT molecular complexity index is 1890. The molecule has 4 aromatic carbocycles. The van der Waals surface area contributed by atoms with Crippen molar-refractivity contribution in [3.8, 4) is 0 Å². The van der Waals surface area contributed by atoms with Gasteiger partial charge in [0.2, 0.25) is 5.91 Å². The normalized spacial score (nSPS) is 19.6. The lowest BCUT2D eigenvalue weighted by Crippen LogP contribution is -2.42. The first kappa shape index (κ1) is 39.3. The van der Waals surface area contributed by atoms with Crippen molar-refractivity contribution in [2.75, 3.05) is 11.9 Å². The summed E-state index contributed by atoms with van der Waals surface area (Å²) in [5.41, 5.74) is 2.67. The van der Waals surface area contributed by atoms with Gasteiger partial charge >= 0.3 is 13.2 Å². The molecular formula is C42H49BF2N2O6Si. The maximum absolute atomic E-state index is 15.1. The zero-order valence-corrected chi connectivity index (χ0v) is 33.0. The molecule has 0 radical (unpaired) electrons. The molecule has 0 bridgehead atoms. The first-order valence-corrected chi connectivity index (χ1v) is 21.9. The second kappa shape index (κ2) is 15.8. The van der Waals surface area contributed by atoms with Crippen molar-refractivity contribution in [3.63, 3.8) is 0 Å². The molecule has 0 saturated carbocycles. The lowest BCUT2D eigenvalue weighted by Gasteiger charge is -2.34. The number of hydrogen-bond donors (Lipinski definition) is 1. The second-order valence-corrected chi connectivity index (χ2v) is 20.5. The Morgan fingerprint density at radius 1 is 0.833 bits per heavy atom. The van der Waals surface area contributed by atoms with Gasteiger partial charge in [-0.2, -0.15) is 0 Å². The summed E-state index contributed by atoms with van der Waals surface area (Å²) in [6.45, 7) is 14.3. The maximum atomic E-state index is 15.1. The second-order valence-electron chi connectivity index (χ2n) is 16.0. The van der Waals surface area contributed by atoms with Gasteiger partial charge in [0.15, 0.2) is 8.32 Å². The highest BCUT2D eigenvalue weighted by Gasteiger charge is 2.52. The molecule has 2 amide bonds. The summed E-state index contributed by atoms with van der Waals surface area (Å²) in [7, 11) is -2.73. The lowest BCUT2D eigenvalue weighted by atomic mass is 9.77. The third-order valence-electron chi connectivity index (χ3n) is 10.5. The van der Waals surface area contributed by atoms with Crippen LogP contribution in [0.5, 0.6) is 0 Å². The molecule has 54 heavy (non-hydrogen) atoms. The van der Waals surface area contributed by atoms with Crippen LogP contribution in [0.1, 0.15) is 75.4 Å². The number of nitrogens with one attached hydrogen (secondary N) is 1. The quantitative estimate of drug-likeness (QED) is 0.136. The van der Waals surface area contributed by atoms with E-state index in [0.717, 1.165) is 22.2 Å². The van der Waals surface area contributed by atoms with Crippen molar-refractivity contribution in [3.05, 3.63) is 131 Å². The van der Waals surface area contributed by atoms with Gasteiger partial charge in [-0.25, -0.2) is 18.5 Å². The van der Waals surface area contributed by atoms with Gasteiger partial charge < -0.3 is 23.8 Å². The van der Waals surface area contributed by atoms with Crippen LogP contribution in [0, 0.1) is 17.6 Å². The molecule has 8 nitrogen and oxygen atoms in total. The molecule has 2 fully saturated rings. The third-order valence-corrected chi connectivity index (χ3v) is 11.5. The van der Waals surface area contributed by atoms with Crippen LogP contribution in [0.2, 0.25) is 19.6 Å². The molecule has 2 aliphatic heterocycles. The molecule has 2 saturated heterocycles. The van der Waals surface area contributed by atoms with Crippen LogP contribution in [-0.4, -0.2) is 50.1 Å². The summed E-state index contributed by atoms with van der Waals surface area (Å²) < 4.78 is 53.0. The van der Waals surface area contributed by atoms with E-state index < -0.39 is 68.6 Å². The summed E-state index contributed by atoms with van der Waals surface area (Å²) in [5, 5.41) is 3.52. The summed E-state index contributed by atoms with van der Waals surface area (Å²) in [4.78, 5) is 29.8. The van der Waals surface area contributed by atoms with Gasteiger partial charge in [0.25, 0.3) is 0 Å². The van der Waals surface area contributed by atoms with Gasteiger partial charge in [0, 0.05) is 5.69 Å². The fraction of sp³-hybridized carbons (Fsp3) is 0.381. The highest BCUT2D eigenvalue weighted by molar-refractivity contribution is 6.69. The van der Waals surface area contributed by atoms with Gasteiger partial charge in [0.05, 0.1) is 29.3 Å². The van der Waals surface area contributed by atoms with Crippen molar-refractivity contribution in [1.82, 2.24) is 4.90 Å². The van der Waals surface area contributed by atoms with Gasteiger partial charge in [-0.3, -0.25) is 4.79 Å². The molecule has 12 heteroatoms. The Labute approximate surface area is 318 Å². The fourth-order valence-electron chi connectivity index (χ4n) is 6.91. The van der Waals surface area contributed by atoms with E-state index in [2.05, 4.69) is 25.0 Å². The molecule has 0 spiro atoms. The first-order chi connectivity index (χ1) is 25.5. The molecule has 0 aromatic heterocycles. The number of cyclic esters (lactones) is 1. The number of rotatable bonds is 13. The standard InChI is InChI=1S/C42H49BF2N2O6Si/c1-41(2)42(3,4)53-43(52-41)31-17-13-30(14-18-31)38(46-34-23-21-33(45)22-24-34)35(25-26-37(51-54(5,6)7)29-15-19-32(44)20-16-29)39(48)47-36(27-50-40(47)49)28-11-9-8-10-12-28/h8-24,35-38,46H,25-27H2,1-7H3/t35-,36-,37+,38-/m1/s1. The van der Waals surface area contributed by atoms with Crippen LogP contribution in [-0.2, 0) is 23.3 Å². The number of anilines is 1. The van der Waals surface area contributed by atoms with Crippen molar-refractivity contribution in [1.29, 1.82) is 0 Å². The first-order valence-electron chi connectivity index (χ1n) is 18.5. The van der Waals surface area contributed by atoms with Crippen LogP contribution < -0.4 is 10.8 Å². The van der Waals surface area contributed by atoms with Crippen LogP contribution >= 0.6 is 0 Å². The number of benzene rings is 4. The summed E-state index contributed by atoms with van der Waals surface area (Å²) >= 11 is 0. The number of carbonyl (C=O) groups is 2. The highest BCUT2D eigenvalue weighted by atomic mass is 28.4. The molecule has 4 atom stereocenters. The Morgan fingerprint density at radius 3 is 1.96 bits per heavy atom. The molecule has 4 aromatic rings. The highest BCUT2D eigenvalue weighted by Crippen LogP contribution is 2.40. The smallest absolute Gasteiger partial charge is 0.446 e. The van der Waals surface area contributed by atoms with E-state index >= 15 is 4.79 Å². The van der Waals surface area contributed by atoms with E-state index in [9.17, 15) is 13.6 Å². The summed E-state index contributed by atoms with van der Waals surface area (Å²) in [5.74, 6) is -2.02. The minimum Gasteiger partial charge on any atom is -0.446 e. The van der Waals surface area contributed by atoms with Crippen molar-refractivity contribution >= 4 is 38.6 Å². The van der Waals surface area contributed by atoms with Crippen LogP contribution in [0.3, 0.4) is 0 Å². The van der Waals surface area contributed by atoms with E-state index in [1.807, 2.05) is 82.3 Å². The largest absolute Gasteiger partial charge is 0.494 e. The zero-order valence-electron chi connectivity index (χ0n) is 32.0. The van der Waals surface area contributed by atoms with Gasteiger partial charge in [-0.1, -0.05) is 66.7 Å². The van der Waals surface area contributed by atoms with Crippen molar-refractivity contribution in [2.45, 2.75) is 89.6 Å². The molecule has 0 unspecified atom stereocenters. The number of halogens is 2. The minimum atomic E-state index is -2.14. The molecular weight excluding hydrogens is 705 g/mol. The summed E-state index contributed by atoms with van der Waals surface area (Å²) in [6, 6.07) is 27.9. The average molecular weight is 755 g/mol. The Morgan fingerprint density at radius 2 is 1.39 bits per heavy atom. The van der Waals surface area contributed by atoms with Gasteiger partial charge in [0.1, 0.15) is 24.3 Å². The maximum Gasteiger partial charge on any atom is 0.494 e. The average Bonchev–Trinajstić information content (AvgIpc) is 3.62. The molecule has 2 aliphatic rings. The SMILES string of the molecule is CC1(C)OB(c2ccc([C@@H](Nc3ccc(F)cc3)[C@@H](CC[C@H](O[Si](C)(C)C)c3ccc(F)cc3)C(=O)N3C(=O)OC[C@@H]3c3ccccc3)cc2)OC1(C)C. The fourth-order valence-corrected chi connectivity index (χ4v) is 8.01.